The van der Waals surface area contributed by atoms with Gasteiger partial charge in [-0.1, -0.05) is 6.07 Å². The third-order valence-corrected chi connectivity index (χ3v) is 3.97. The van der Waals surface area contributed by atoms with E-state index in [-0.39, 0.29) is 12.5 Å². The minimum absolute atomic E-state index is 0.156. The first kappa shape index (κ1) is 21.9. The highest BCUT2D eigenvalue weighted by Crippen LogP contribution is 2.23. The molecule has 2 amide bonds. The van der Waals surface area contributed by atoms with Crippen LogP contribution >= 0.6 is 0 Å². The molecule has 156 valence electrons. The summed E-state index contributed by atoms with van der Waals surface area (Å²) < 4.78 is 10.6. The number of amides is 2. The van der Waals surface area contributed by atoms with Crippen LogP contribution in [0.3, 0.4) is 0 Å². The molecule has 28 heavy (non-hydrogen) atoms. The highest BCUT2D eigenvalue weighted by molar-refractivity contribution is 5.83. The zero-order valence-electron chi connectivity index (χ0n) is 17.5. The third kappa shape index (κ3) is 6.99. The predicted octanol–water partition coefficient (Wildman–Crippen LogP) is 3.20. The predicted molar refractivity (Wildman–Crippen MR) is 105 cm³/mol. The van der Waals surface area contributed by atoms with Crippen LogP contribution < -0.4 is 5.32 Å². The first-order valence-corrected chi connectivity index (χ1v) is 9.44. The lowest BCUT2D eigenvalue weighted by molar-refractivity contribution is 0.0269. The Balaban J connectivity index is 1.96. The van der Waals surface area contributed by atoms with Gasteiger partial charge in [-0.15, -0.1) is 0 Å². The number of β-amino-alcohol motifs (C(OH)–C–C–N with tert-alkyl or cyclic N) is 1. The molecule has 0 aromatic carbocycles. The number of aliphatic hydroxyl groups is 1. The fourth-order valence-corrected chi connectivity index (χ4v) is 2.87. The van der Waals surface area contributed by atoms with E-state index in [4.69, 9.17) is 9.47 Å². The number of likely N-dealkylation sites (tertiary alicyclic amines) is 1. The first-order chi connectivity index (χ1) is 12.8. The molecule has 2 rings (SSSR count). The number of carbonyl (C=O) groups excluding carboxylic acids is 2. The van der Waals surface area contributed by atoms with Gasteiger partial charge in [0, 0.05) is 18.2 Å². The summed E-state index contributed by atoms with van der Waals surface area (Å²) in [6.07, 6.45) is -1.18. The van der Waals surface area contributed by atoms with Gasteiger partial charge in [-0.3, -0.25) is 5.32 Å². The number of anilines is 1. The molecule has 1 aliphatic heterocycles. The molecule has 0 spiro atoms. The number of ether oxygens (including phenoxy) is 2. The van der Waals surface area contributed by atoms with Crippen molar-refractivity contribution in [2.45, 2.75) is 65.3 Å². The van der Waals surface area contributed by atoms with Crippen LogP contribution in [-0.4, -0.2) is 57.6 Å². The Bertz CT molecular complexity index is 709. The van der Waals surface area contributed by atoms with Gasteiger partial charge < -0.3 is 19.5 Å². The van der Waals surface area contributed by atoms with Gasteiger partial charge in [-0.05, 0) is 60.1 Å². The fourth-order valence-electron chi connectivity index (χ4n) is 2.87. The van der Waals surface area contributed by atoms with Crippen LogP contribution in [0.15, 0.2) is 18.2 Å². The topological polar surface area (TPSA) is 101 Å². The minimum atomic E-state index is -0.656. The van der Waals surface area contributed by atoms with E-state index in [1.54, 1.807) is 32.9 Å². The summed E-state index contributed by atoms with van der Waals surface area (Å²) >= 11 is 0. The van der Waals surface area contributed by atoms with Crippen molar-refractivity contribution in [2.24, 2.45) is 5.92 Å². The SMILES string of the molecule is CC(C)(C)OC(=O)Nc1cccc(C[C@@H]2CN(C(=O)OC(C)(C)C)C[C@H]2O)n1. The standard InChI is InChI=1S/C20H31N3O5/c1-19(2,3)27-17(25)22-16-9-7-8-14(21-16)10-13-11-23(12-15(13)24)18(26)28-20(4,5)6/h7-9,13,15,24H,10-12H2,1-6H3,(H,21,22,25)/t13-,15-/m1/s1. The Morgan fingerprint density at radius 2 is 1.79 bits per heavy atom. The van der Waals surface area contributed by atoms with E-state index in [9.17, 15) is 14.7 Å². The van der Waals surface area contributed by atoms with Crippen molar-refractivity contribution in [3.05, 3.63) is 23.9 Å². The smallest absolute Gasteiger partial charge is 0.413 e. The van der Waals surface area contributed by atoms with Crippen LogP contribution in [0.25, 0.3) is 0 Å². The van der Waals surface area contributed by atoms with E-state index < -0.39 is 29.5 Å². The molecule has 0 unspecified atom stereocenters. The van der Waals surface area contributed by atoms with Crippen molar-refractivity contribution < 1.29 is 24.2 Å². The zero-order valence-corrected chi connectivity index (χ0v) is 17.5. The maximum Gasteiger partial charge on any atom is 0.413 e. The Morgan fingerprint density at radius 1 is 1.14 bits per heavy atom. The van der Waals surface area contributed by atoms with E-state index in [0.717, 1.165) is 0 Å². The van der Waals surface area contributed by atoms with Gasteiger partial charge in [0.05, 0.1) is 12.6 Å². The molecule has 1 aromatic heterocycles. The second-order valence-electron chi connectivity index (χ2n) is 9.06. The van der Waals surface area contributed by atoms with E-state index in [0.29, 0.717) is 24.5 Å². The third-order valence-electron chi connectivity index (χ3n) is 3.97. The van der Waals surface area contributed by atoms with Crippen molar-refractivity contribution in [1.29, 1.82) is 0 Å². The molecule has 0 aliphatic carbocycles. The molecule has 1 aromatic rings. The van der Waals surface area contributed by atoms with Crippen LogP contribution in [0.1, 0.15) is 47.2 Å². The molecular weight excluding hydrogens is 362 g/mol. The summed E-state index contributed by atoms with van der Waals surface area (Å²) in [5.74, 6) is 0.222. The lowest BCUT2D eigenvalue weighted by atomic mass is 10.00. The summed E-state index contributed by atoms with van der Waals surface area (Å²) in [6, 6.07) is 5.27. The van der Waals surface area contributed by atoms with Crippen molar-refractivity contribution in [3.63, 3.8) is 0 Å². The van der Waals surface area contributed by atoms with Gasteiger partial charge in [0.2, 0.25) is 0 Å². The number of aliphatic hydroxyl groups excluding tert-OH is 1. The molecular formula is C20H31N3O5. The van der Waals surface area contributed by atoms with E-state index in [2.05, 4.69) is 10.3 Å². The molecule has 1 saturated heterocycles. The summed E-state index contributed by atoms with van der Waals surface area (Å²) in [5, 5.41) is 13.0. The first-order valence-electron chi connectivity index (χ1n) is 9.44. The lowest BCUT2D eigenvalue weighted by Gasteiger charge is -2.24. The van der Waals surface area contributed by atoms with Crippen LogP contribution in [0.2, 0.25) is 0 Å². The Labute approximate surface area is 166 Å². The Kier molecular flexibility index (Phi) is 6.54. The van der Waals surface area contributed by atoms with Gasteiger partial charge in [0.25, 0.3) is 0 Å². The highest BCUT2D eigenvalue weighted by atomic mass is 16.6. The van der Waals surface area contributed by atoms with E-state index in [1.165, 1.54) is 4.90 Å². The molecule has 8 nitrogen and oxygen atoms in total. The maximum atomic E-state index is 12.2. The zero-order chi connectivity index (χ0) is 21.1. The Morgan fingerprint density at radius 3 is 2.39 bits per heavy atom. The van der Waals surface area contributed by atoms with E-state index >= 15 is 0 Å². The number of hydrogen-bond acceptors (Lipinski definition) is 6. The summed E-state index contributed by atoms with van der Waals surface area (Å²) in [5.41, 5.74) is -0.465. The maximum absolute atomic E-state index is 12.2. The quantitative estimate of drug-likeness (QED) is 0.818. The van der Waals surface area contributed by atoms with Crippen LogP contribution in [0, 0.1) is 5.92 Å². The van der Waals surface area contributed by atoms with Crippen molar-refractivity contribution in [1.82, 2.24) is 9.88 Å². The van der Waals surface area contributed by atoms with Crippen LogP contribution in [0.4, 0.5) is 15.4 Å². The molecule has 2 N–H and O–H groups in total. The average Bonchev–Trinajstić information content (AvgIpc) is 2.85. The number of aromatic nitrogens is 1. The average molecular weight is 393 g/mol. The highest BCUT2D eigenvalue weighted by Gasteiger charge is 2.36. The number of carbonyl (C=O) groups is 2. The molecule has 2 heterocycles. The van der Waals surface area contributed by atoms with Crippen LogP contribution in [0.5, 0.6) is 0 Å². The van der Waals surface area contributed by atoms with Gasteiger partial charge in [-0.25, -0.2) is 14.6 Å². The van der Waals surface area contributed by atoms with Crippen LogP contribution in [-0.2, 0) is 15.9 Å². The molecule has 1 aliphatic rings. The monoisotopic (exact) mass is 393 g/mol. The number of rotatable bonds is 3. The number of hydrogen-bond donors (Lipinski definition) is 2. The fraction of sp³-hybridized carbons (Fsp3) is 0.650. The Hall–Kier alpha value is -2.35. The normalized spacial score (nSPS) is 20.0. The van der Waals surface area contributed by atoms with Gasteiger partial charge in [0.15, 0.2) is 0 Å². The van der Waals surface area contributed by atoms with Gasteiger partial charge in [-0.2, -0.15) is 0 Å². The van der Waals surface area contributed by atoms with Crippen molar-refractivity contribution >= 4 is 18.0 Å². The second kappa shape index (κ2) is 8.34. The molecule has 0 radical (unpaired) electrons. The minimum Gasteiger partial charge on any atom is -0.444 e. The molecule has 8 heteroatoms. The number of pyridine rings is 1. The van der Waals surface area contributed by atoms with Gasteiger partial charge in [0.1, 0.15) is 17.0 Å². The van der Waals surface area contributed by atoms with E-state index in [1.807, 2.05) is 26.8 Å². The molecule has 0 saturated carbocycles. The van der Waals surface area contributed by atoms with Gasteiger partial charge >= 0.3 is 12.2 Å². The van der Waals surface area contributed by atoms with Crippen molar-refractivity contribution in [3.8, 4) is 0 Å². The number of nitrogens with zero attached hydrogens (tertiary/aromatic N) is 2. The largest absolute Gasteiger partial charge is 0.444 e. The molecule has 1 fully saturated rings. The lowest BCUT2D eigenvalue weighted by Crippen LogP contribution is -2.35. The summed E-state index contributed by atoms with van der Waals surface area (Å²) in [6.45, 7) is 11.4. The van der Waals surface area contributed by atoms with Crippen molar-refractivity contribution in [2.75, 3.05) is 18.4 Å². The molecule has 2 atom stereocenters. The summed E-state index contributed by atoms with van der Waals surface area (Å²) in [4.78, 5) is 30.0. The second-order valence-corrected chi connectivity index (χ2v) is 9.06. The summed E-state index contributed by atoms with van der Waals surface area (Å²) in [7, 11) is 0. The molecule has 0 bridgehead atoms. The number of nitrogens with one attached hydrogen (secondary N) is 1.